The number of nitrogens with zero attached hydrogens (tertiary/aromatic N) is 3. The van der Waals surface area contributed by atoms with Crippen molar-refractivity contribution in [2.45, 2.75) is 25.9 Å². The van der Waals surface area contributed by atoms with Gasteiger partial charge in [-0.1, -0.05) is 30.3 Å². The summed E-state index contributed by atoms with van der Waals surface area (Å²) in [6, 6.07) is 11.0. The van der Waals surface area contributed by atoms with Crippen molar-refractivity contribution in [3.63, 3.8) is 0 Å². The number of hydrogen-bond donors (Lipinski definition) is 0. The highest BCUT2D eigenvalue weighted by Gasteiger charge is 2.37. The minimum atomic E-state index is -0.0580. The third-order valence-electron chi connectivity index (χ3n) is 5.47. The summed E-state index contributed by atoms with van der Waals surface area (Å²) in [6.07, 6.45) is 2.30. The Morgan fingerprint density at radius 2 is 2.12 bits per heavy atom. The molecule has 4 rings (SSSR count). The Labute approximate surface area is 153 Å². The molecule has 138 valence electrons. The van der Waals surface area contributed by atoms with Crippen molar-refractivity contribution in [1.29, 1.82) is 0 Å². The van der Waals surface area contributed by atoms with E-state index in [2.05, 4.69) is 34.1 Å². The molecule has 2 aliphatic rings. The zero-order valence-corrected chi connectivity index (χ0v) is 15.1. The van der Waals surface area contributed by atoms with E-state index in [1.165, 1.54) is 12.0 Å². The van der Waals surface area contributed by atoms with Gasteiger partial charge < -0.3 is 14.1 Å². The molecule has 26 heavy (non-hydrogen) atoms. The van der Waals surface area contributed by atoms with Gasteiger partial charge in [-0.15, -0.1) is 0 Å². The maximum Gasteiger partial charge on any atom is 0.291 e. The summed E-state index contributed by atoms with van der Waals surface area (Å²) in [4.78, 5) is 21.2. The predicted molar refractivity (Wildman–Crippen MR) is 96.7 cm³/mol. The Kier molecular flexibility index (Phi) is 5.04. The lowest BCUT2D eigenvalue weighted by Crippen LogP contribution is -2.52. The van der Waals surface area contributed by atoms with E-state index >= 15 is 0 Å². The van der Waals surface area contributed by atoms with E-state index in [0.29, 0.717) is 36.6 Å². The number of piperidine rings is 1. The summed E-state index contributed by atoms with van der Waals surface area (Å²) >= 11 is 0. The predicted octanol–water partition coefficient (Wildman–Crippen LogP) is 2.35. The number of fused-ring (bicyclic) bond motifs is 1. The highest BCUT2D eigenvalue weighted by Crippen LogP contribution is 2.27. The van der Waals surface area contributed by atoms with Crippen LogP contribution in [-0.4, -0.2) is 59.6 Å². The molecule has 2 aromatic rings. The minimum Gasteiger partial charge on any atom is -0.438 e. The number of hydrogen-bond acceptors (Lipinski definition) is 5. The average Bonchev–Trinajstić information content (AvgIpc) is 3.00. The van der Waals surface area contributed by atoms with E-state index in [0.717, 1.165) is 32.7 Å². The van der Waals surface area contributed by atoms with Crippen LogP contribution in [0.25, 0.3) is 0 Å². The van der Waals surface area contributed by atoms with E-state index in [1.807, 2.05) is 11.0 Å². The molecule has 1 aromatic carbocycles. The Hall–Kier alpha value is -2.18. The third-order valence-corrected chi connectivity index (χ3v) is 5.47. The first-order valence-electron chi connectivity index (χ1n) is 9.27. The molecule has 0 N–H and O–H groups in total. The van der Waals surface area contributed by atoms with E-state index in [1.54, 1.807) is 6.92 Å². The molecule has 3 heterocycles. The van der Waals surface area contributed by atoms with Crippen LogP contribution in [0.5, 0.6) is 0 Å². The summed E-state index contributed by atoms with van der Waals surface area (Å²) in [5.74, 6) is 0.624. The minimum absolute atomic E-state index is 0.0580. The number of carbonyl (C=O) groups excluding carboxylic acids is 1. The van der Waals surface area contributed by atoms with Gasteiger partial charge in [0.1, 0.15) is 0 Å². The number of aryl methyl sites for hydroxylation is 1. The van der Waals surface area contributed by atoms with Crippen LogP contribution in [0.15, 0.2) is 41.1 Å². The van der Waals surface area contributed by atoms with Gasteiger partial charge in [-0.2, -0.15) is 0 Å². The van der Waals surface area contributed by atoms with Crippen LogP contribution in [0.3, 0.4) is 0 Å². The Bertz CT molecular complexity index is 746. The number of carbonyl (C=O) groups is 1. The topological polar surface area (TPSA) is 58.8 Å². The molecule has 2 aliphatic heterocycles. The van der Waals surface area contributed by atoms with Gasteiger partial charge in [0.05, 0.1) is 18.9 Å². The first-order chi connectivity index (χ1) is 12.7. The van der Waals surface area contributed by atoms with Gasteiger partial charge in [0.15, 0.2) is 6.39 Å². The highest BCUT2D eigenvalue weighted by molar-refractivity contribution is 5.92. The quantitative estimate of drug-likeness (QED) is 0.846. The van der Waals surface area contributed by atoms with E-state index in [9.17, 15) is 4.79 Å². The smallest absolute Gasteiger partial charge is 0.291 e. The normalized spacial score (nSPS) is 24.1. The van der Waals surface area contributed by atoms with Crippen LogP contribution < -0.4 is 0 Å². The molecule has 0 radical (unpaired) electrons. The van der Waals surface area contributed by atoms with Crippen LogP contribution >= 0.6 is 0 Å². The number of aromatic nitrogens is 1. The number of benzene rings is 1. The lowest BCUT2D eigenvalue weighted by molar-refractivity contribution is 0.0349. The van der Waals surface area contributed by atoms with Crippen LogP contribution in [0, 0.1) is 12.8 Å². The van der Waals surface area contributed by atoms with Crippen molar-refractivity contribution < 1.29 is 13.9 Å². The highest BCUT2D eigenvalue weighted by atomic mass is 16.5. The fraction of sp³-hybridized carbons (Fsp3) is 0.500. The van der Waals surface area contributed by atoms with Crippen molar-refractivity contribution >= 4 is 5.91 Å². The second kappa shape index (κ2) is 7.60. The molecule has 1 aromatic heterocycles. The molecule has 0 unspecified atom stereocenters. The number of ether oxygens (including phenoxy) is 1. The van der Waals surface area contributed by atoms with Gasteiger partial charge in [0.2, 0.25) is 5.76 Å². The fourth-order valence-corrected chi connectivity index (χ4v) is 4.10. The Balaban J connectivity index is 1.46. The van der Waals surface area contributed by atoms with Crippen molar-refractivity contribution in [3.8, 4) is 0 Å². The van der Waals surface area contributed by atoms with E-state index in [-0.39, 0.29) is 5.91 Å². The van der Waals surface area contributed by atoms with Crippen molar-refractivity contribution in [2.75, 3.05) is 32.8 Å². The summed E-state index contributed by atoms with van der Waals surface area (Å²) in [7, 11) is 0. The van der Waals surface area contributed by atoms with Gasteiger partial charge in [-0.3, -0.25) is 9.69 Å². The molecule has 0 aliphatic carbocycles. The standard InChI is InChI=1S/C20H25N3O3/c1-15-19(26-14-21-15)20(24)23-8-7-18-17(12-23)13-25-10-9-22(18)11-16-5-3-2-4-6-16/h2-6,14,17-18H,7-13H2,1H3/t17-,18-/m1/s1. The van der Waals surface area contributed by atoms with Crippen LogP contribution in [0.4, 0.5) is 0 Å². The Morgan fingerprint density at radius 3 is 2.88 bits per heavy atom. The van der Waals surface area contributed by atoms with Crippen molar-refractivity contribution in [3.05, 3.63) is 53.7 Å². The van der Waals surface area contributed by atoms with Crippen molar-refractivity contribution in [2.24, 2.45) is 5.92 Å². The van der Waals surface area contributed by atoms with Gasteiger partial charge >= 0.3 is 0 Å². The molecular formula is C20H25N3O3. The zero-order valence-electron chi connectivity index (χ0n) is 15.1. The summed E-state index contributed by atoms with van der Waals surface area (Å²) in [5.41, 5.74) is 1.98. The number of oxazole rings is 1. The first kappa shape index (κ1) is 17.2. The molecule has 6 nitrogen and oxygen atoms in total. The van der Waals surface area contributed by atoms with Gasteiger partial charge in [0.25, 0.3) is 5.91 Å². The molecule has 2 saturated heterocycles. The first-order valence-corrected chi connectivity index (χ1v) is 9.27. The summed E-state index contributed by atoms with van der Waals surface area (Å²) in [5, 5.41) is 0. The second-order valence-corrected chi connectivity index (χ2v) is 7.17. The fourth-order valence-electron chi connectivity index (χ4n) is 4.10. The summed E-state index contributed by atoms with van der Waals surface area (Å²) < 4.78 is 11.2. The monoisotopic (exact) mass is 355 g/mol. The van der Waals surface area contributed by atoms with Gasteiger partial charge in [0, 0.05) is 38.1 Å². The molecule has 0 spiro atoms. The number of likely N-dealkylation sites (tertiary alicyclic amines) is 1. The number of rotatable bonds is 3. The van der Waals surface area contributed by atoms with Gasteiger partial charge in [-0.05, 0) is 18.9 Å². The molecule has 0 saturated carbocycles. The SMILES string of the molecule is Cc1ncoc1C(=O)N1CC[C@@H]2[C@@H](COCCN2Cc2ccccc2)C1. The molecule has 6 heteroatoms. The molecule has 2 fully saturated rings. The molecule has 2 atom stereocenters. The van der Waals surface area contributed by atoms with Crippen LogP contribution in [-0.2, 0) is 11.3 Å². The average molecular weight is 355 g/mol. The van der Waals surface area contributed by atoms with E-state index < -0.39 is 0 Å². The maximum atomic E-state index is 12.8. The maximum absolute atomic E-state index is 12.8. The van der Waals surface area contributed by atoms with Crippen LogP contribution in [0.2, 0.25) is 0 Å². The second-order valence-electron chi connectivity index (χ2n) is 7.17. The third kappa shape index (κ3) is 3.52. The van der Waals surface area contributed by atoms with Gasteiger partial charge in [-0.25, -0.2) is 4.98 Å². The Morgan fingerprint density at radius 1 is 1.27 bits per heavy atom. The lowest BCUT2D eigenvalue weighted by Gasteiger charge is -2.42. The molecule has 0 bridgehead atoms. The summed E-state index contributed by atoms with van der Waals surface area (Å²) in [6.45, 7) is 6.57. The largest absolute Gasteiger partial charge is 0.438 e. The number of amides is 1. The zero-order chi connectivity index (χ0) is 17.9. The molecule has 1 amide bonds. The van der Waals surface area contributed by atoms with E-state index in [4.69, 9.17) is 9.15 Å². The van der Waals surface area contributed by atoms with Crippen molar-refractivity contribution in [1.82, 2.24) is 14.8 Å². The molecular weight excluding hydrogens is 330 g/mol. The van der Waals surface area contributed by atoms with Crippen LogP contribution in [0.1, 0.15) is 28.2 Å². The lowest BCUT2D eigenvalue weighted by atomic mass is 9.91.